The molecule has 0 aromatic carbocycles. The molecule has 1 fully saturated rings. The van der Waals surface area contributed by atoms with Crippen LogP contribution in [0.15, 0.2) is 23.3 Å². The molecule has 0 spiro atoms. The van der Waals surface area contributed by atoms with Gasteiger partial charge in [-0.05, 0) is 43.6 Å². The number of carbonyl (C=O) groups excluding carboxylic acids is 1. The van der Waals surface area contributed by atoms with E-state index < -0.39 is 7.92 Å². The molecule has 84 valence electrons. The monoisotopic (exact) mass is 260 g/mol. The fourth-order valence-electron chi connectivity index (χ4n) is 1.42. The van der Waals surface area contributed by atoms with E-state index in [4.69, 9.17) is 0 Å². The molecule has 1 heterocycles. The van der Waals surface area contributed by atoms with Crippen LogP contribution in [0.3, 0.4) is 0 Å². The zero-order valence-electron chi connectivity index (χ0n) is 9.32. The summed E-state index contributed by atoms with van der Waals surface area (Å²) in [7, 11) is 2.07. The molecule has 0 N–H and O–H groups in total. The third-order valence-electron chi connectivity index (χ3n) is 2.35. The van der Waals surface area contributed by atoms with Crippen LogP contribution >= 0.6 is 28.9 Å². The summed E-state index contributed by atoms with van der Waals surface area (Å²) < 4.78 is 0. The first-order valence-electron chi connectivity index (χ1n) is 5.06. The fourth-order valence-corrected chi connectivity index (χ4v) is 6.16. The van der Waals surface area contributed by atoms with E-state index in [2.05, 4.69) is 21.6 Å². The lowest BCUT2D eigenvalue weighted by atomic mass is 10.3. The molecular weight excluding hydrogens is 242 g/mol. The standard InChI is InChI=1S/C11H18OP2S/c1-8(2)10(13)7-14(9(3)12)11-5-4-6-15-11/h7,11H,1,4-6,13H2,2-3H3/b10-7+. The molecule has 3 atom stereocenters. The molecule has 0 amide bonds. The van der Waals surface area contributed by atoms with Gasteiger partial charge in [0.2, 0.25) is 0 Å². The van der Waals surface area contributed by atoms with Crippen molar-refractivity contribution in [3.05, 3.63) is 23.3 Å². The van der Waals surface area contributed by atoms with Crippen LogP contribution in [0.1, 0.15) is 26.7 Å². The zero-order chi connectivity index (χ0) is 11.4. The fraction of sp³-hybridized carbons (Fsp3) is 0.545. The van der Waals surface area contributed by atoms with Crippen molar-refractivity contribution in [1.82, 2.24) is 0 Å². The number of allylic oxidation sites excluding steroid dienone is 2. The third-order valence-corrected chi connectivity index (χ3v) is 7.73. The van der Waals surface area contributed by atoms with Crippen LogP contribution in [0.4, 0.5) is 0 Å². The largest absolute Gasteiger partial charge is 0.295 e. The molecule has 1 nitrogen and oxygen atoms in total. The number of hydrogen-bond donors (Lipinski definition) is 0. The first kappa shape index (κ1) is 13.4. The van der Waals surface area contributed by atoms with E-state index in [1.807, 2.05) is 18.7 Å². The Morgan fingerprint density at radius 1 is 1.60 bits per heavy atom. The molecule has 0 radical (unpaired) electrons. The quantitative estimate of drug-likeness (QED) is 0.557. The molecule has 3 unspecified atom stereocenters. The molecule has 0 aliphatic carbocycles. The van der Waals surface area contributed by atoms with Gasteiger partial charge in [0.25, 0.3) is 0 Å². The zero-order valence-corrected chi connectivity index (χ0v) is 12.2. The van der Waals surface area contributed by atoms with Gasteiger partial charge in [0.1, 0.15) is 0 Å². The second-order valence-corrected chi connectivity index (χ2v) is 8.37. The van der Waals surface area contributed by atoms with Gasteiger partial charge >= 0.3 is 0 Å². The minimum Gasteiger partial charge on any atom is -0.295 e. The summed E-state index contributed by atoms with van der Waals surface area (Å²) in [6.07, 6.45) is 2.45. The van der Waals surface area contributed by atoms with Crippen LogP contribution < -0.4 is 0 Å². The molecule has 0 bridgehead atoms. The number of carbonyl (C=O) groups is 1. The molecule has 4 heteroatoms. The molecular formula is C11H18OP2S. The van der Waals surface area contributed by atoms with Gasteiger partial charge < -0.3 is 0 Å². The predicted molar refractivity (Wildman–Crippen MR) is 75.7 cm³/mol. The van der Waals surface area contributed by atoms with E-state index >= 15 is 0 Å². The smallest absolute Gasteiger partial charge is 0.156 e. The van der Waals surface area contributed by atoms with E-state index in [9.17, 15) is 4.79 Å². The highest BCUT2D eigenvalue weighted by Gasteiger charge is 2.27. The molecule has 1 aliphatic rings. The maximum Gasteiger partial charge on any atom is 0.156 e. The van der Waals surface area contributed by atoms with Crippen molar-refractivity contribution < 1.29 is 4.79 Å². The number of hydrogen-bond acceptors (Lipinski definition) is 2. The summed E-state index contributed by atoms with van der Waals surface area (Å²) in [5, 5.41) is 1.10. The molecule has 15 heavy (non-hydrogen) atoms. The van der Waals surface area contributed by atoms with Crippen molar-refractivity contribution in [1.29, 1.82) is 0 Å². The summed E-state index contributed by atoms with van der Waals surface area (Å²) in [6, 6.07) is 0. The summed E-state index contributed by atoms with van der Waals surface area (Å²) in [6.45, 7) is 7.60. The minimum absolute atomic E-state index is 0.339. The van der Waals surface area contributed by atoms with Gasteiger partial charge in [-0.1, -0.05) is 12.2 Å². The van der Waals surface area contributed by atoms with Gasteiger partial charge in [-0.3, -0.25) is 4.79 Å². The Kier molecular flexibility index (Phi) is 5.53. The highest BCUT2D eigenvalue weighted by Crippen LogP contribution is 2.55. The van der Waals surface area contributed by atoms with Crippen molar-refractivity contribution in [2.24, 2.45) is 0 Å². The second kappa shape index (κ2) is 6.18. The summed E-state index contributed by atoms with van der Waals surface area (Å²) >= 11 is 1.96. The van der Waals surface area contributed by atoms with Gasteiger partial charge in [0, 0.05) is 12.9 Å². The van der Waals surface area contributed by atoms with Crippen LogP contribution in [0.25, 0.3) is 0 Å². The van der Waals surface area contributed by atoms with Crippen molar-refractivity contribution >= 4 is 34.4 Å². The third kappa shape index (κ3) is 4.02. The van der Waals surface area contributed by atoms with E-state index in [1.165, 1.54) is 18.6 Å². The minimum atomic E-state index is -0.612. The number of rotatable bonds is 4. The Hall–Kier alpha value is 0.360. The van der Waals surface area contributed by atoms with Gasteiger partial charge in [-0.2, -0.15) is 11.8 Å². The normalized spacial score (nSPS) is 23.9. The van der Waals surface area contributed by atoms with Crippen LogP contribution in [0, 0.1) is 0 Å². The Labute approximate surface area is 100 Å². The molecule has 0 saturated carbocycles. The lowest BCUT2D eigenvalue weighted by Gasteiger charge is -2.17. The van der Waals surface area contributed by atoms with E-state index in [0.29, 0.717) is 10.5 Å². The summed E-state index contributed by atoms with van der Waals surface area (Å²) in [5.41, 5.74) is 1.38. The topological polar surface area (TPSA) is 17.1 Å². The highest BCUT2D eigenvalue weighted by molar-refractivity contribution is 8.08. The Morgan fingerprint density at radius 2 is 2.27 bits per heavy atom. The summed E-state index contributed by atoms with van der Waals surface area (Å²) in [5.74, 6) is 3.34. The molecule has 1 aliphatic heterocycles. The lowest BCUT2D eigenvalue weighted by molar-refractivity contribution is -0.109. The average molecular weight is 260 g/mol. The predicted octanol–water partition coefficient (Wildman–Crippen LogP) is 4.16. The maximum absolute atomic E-state index is 11.6. The molecule has 1 rings (SSSR count). The van der Waals surface area contributed by atoms with Crippen molar-refractivity contribution in [2.45, 2.75) is 31.7 Å². The second-order valence-electron chi connectivity index (χ2n) is 3.76. The van der Waals surface area contributed by atoms with E-state index in [-0.39, 0.29) is 0 Å². The van der Waals surface area contributed by atoms with Crippen LogP contribution in [0.5, 0.6) is 0 Å². The van der Waals surface area contributed by atoms with Crippen LogP contribution in [-0.2, 0) is 4.79 Å². The average Bonchev–Trinajstić information content (AvgIpc) is 2.65. The highest BCUT2D eigenvalue weighted by atomic mass is 32.2. The Balaban J connectivity index is 2.78. The maximum atomic E-state index is 11.6. The van der Waals surface area contributed by atoms with Crippen LogP contribution in [0.2, 0.25) is 0 Å². The summed E-state index contributed by atoms with van der Waals surface area (Å²) in [4.78, 5) is 12.2. The van der Waals surface area contributed by atoms with Crippen molar-refractivity contribution in [3.63, 3.8) is 0 Å². The van der Waals surface area contributed by atoms with E-state index in [0.717, 1.165) is 10.9 Å². The molecule has 0 aromatic heterocycles. The Bertz CT molecular complexity index is 293. The SMILES string of the molecule is C=C(C)/C(P)=C\P(C(C)=O)C1CCCS1. The van der Waals surface area contributed by atoms with Gasteiger partial charge in [0.05, 0.1) is 0 Å². The molecule has 1 saturated heterocycles. The van der Waals surface area contributed by atoms with Gasteiger partial charge in [-0.25, -0.2) is 0 Å². The van der Waals surface area contributed by atoms with Gasteiger partial charge in [0.15, 0.2) is 5.52 Å². The van der Waals surface area contributed by atoms with Gasteiger partial charge in [-0.15, -0.1) is 9.24 Å². The van der Waals surface area contributed by atoms with Crippen LogP contribution in [-0.4, -0.2) is 16.3 Å². The van der Waals surface area contributed by atoms with E-state index in [1.54, 1.807) is 6.92 Å². The van der Waals surface area contributed by atoms with Crippen molar-refractivity contribution in [2.75, 3.05) is 5.75 Å². The lowest BCUT2D eigenvalue weighted by Crippen LogP contribution is -1.99. The van der Waals surface area contributed by atoms with Crippen molar-refractivity contribution in [3.8, 4) is 0 Å². The Morgan fingerprint density at radius 3 is 2.67 bits per heavy atom. The number of thioether (sulfide) groups is 1. The first-order chi connectivity index (χ1) is 7.02. The molecule has 0 aromatic rings. The first-order valence-corrected chi connectivity index (χ1v) is 8.16.